The highest BCUT2D eigenvalue weighted by Crippen LogP contribution is 2.22. The lowest BCUT2D eigenvalue weighted by Crippen LogP contribution is -2.37. The second-order valence-corrected chi connectivity index (χ2v) is 4.36. The molecule has 5 nitrogen and oxygen atoms in total. The molecule has 1 aliphatic rings. The molecule has 0 bridgehead atoms. The van der Waals surface area contributed by atoms with Gasteiger partial charge in [-0.25, -0.2) is 4.98 Å². The quantitative estimate of drug-likeness (QED) is 0.703. The number of nitrogens with one attached hydrogen (secondary N) is 2. The fourth-order valence-electron chi connectivity index (χ4n) is 2.20. The summed E-state index contributed by atoms with van der Waals surface area (Å²) in [6, 6.07) is 0.254. The SMILES string of the molecule is NC1CCCCC1CNc1ncc[nH]c1=O. The van der Waals surface area contributed by atoms with Gasteiger partial charge >= 0.3 is 0 Å². The Morgan fingerprint density at radius 3 is 3.06 bits per heavy atom. The topological polar surface area (TPSA) is 83.8 Å². The maximum Gasteiger partial charge on any atom is 0.290 e. The van der Waals surface area contributed by atoms with Gasteiger partial charge in [0.25, 0.3) is 5.56 Å². The summed E-state index contributed by atoms with van der Waals surface area (Å²) in [7, 11) is 0. The number of aromatic nitrogens is 2. The van der Waals surface area contributed by atoms with E-state index in [1.165, 1.54) is 19.0 Å². The Bertz CT molecular complexity index is 390. The Labute approximate surface area is 94.5 Å². The number of anilines is 1. The van der Waals surface area contributed by atoms with Gasteiger partial charge < -0.3 is 16.0 Å². The van der Waals surface area contributed by atoms with Crippen molar-refractivity contribution in [2.45, 2.75) is 31.7 Å². The Balaban J connectivity index is 1.92. The molecule has 2 unspecified atom stereocenters. The standard InChI is InChI=1S/C11H18N4O/c12-9-4-2-1-3-8(9)7-15-10-11(16)14-6-5-13-10/h5-6,8-9H,1-4,7,12H2,(H,13,15)(H,14,16). The summed E-state index contributed by atoms with van der Waals surface area (Å²) in [4.78, 5) is 17.9. The van der Waals surface area contributed by atoms with E-state index in [0.29, 0.717) is 11.7 Å². The Hall–Kier alpha value is -1.36. The van der Waals surface area contributed by atoms with E-state index in [9.17, 15) is 4.79 Å². The highest BCUT2D eigenvalue weighted by Gasteiger charge is 2.21. The summed E-state index contributed by atoms with van der Waals surface area (Å²) in [5.74, 6) is 0.843. The van der Waals surface area contributed by atoms with Crippen LogP contribution in [0.5, 0.6) is 0 Å². The highest BCUT2D eigenvalue weighted by atomic mass is 16.1. The van der Waals surface area contributed by atoms with Crippen LogP contribution in [0.4, 0.5) is 5.82 Å². The Morgan fingerprint density at radius 1 is 1.50 bits per heavy atom. The zero-order valence-electron chi connectivity index (χ0n) is 9.28. The molecule has 88 valence electrons. The van der Waals surface area contributed by atoms with Crippen molar-refractivity contribution in [3.05, 3.63) is 22.7 Å². The minimum absolute atomic E-state index is 0.174. The molecule has 1 fully saturated rings. The monoisotopic (exact) mass is 222 g/mol. The van der Waals surface area contributed by atoms with Crippen LogP contribution in [0, 0.1) is 5.92 Å². The fourth-order valence-corrected chi connectivity index (χ4v) is 2.20. The number of nitrogens with two attached hydrogens (primary N) is 1. The number of rotatable bonds is 3. The van der Waals surface area contributed by atoms with Gasteiger partial charge in [0.2, 0.25) is 0 Å². The zero-order chi connectivity index (χ0) is 11.4. The predicted molar refractivity (Wildman–Crippen MR) is 63.3 cm³/mol. The number of hydrogen-bond donors (Lipinski definition) is 3. The molecular weight excluding hydrogens is 204 g/mol. The average molecular weight is 222 g/mol. The summed E-state index contributed by atoms with van der Waals surface area (Å²) in [5, 5.41) is 3.08. The molecule has 1 aromatic heterocycles. The maximum absolute atomic E-state index is 11.4. The van der Waals surface area contributed by atoms with Crippen LogP contribution in [0.2, 0.25) is 0 Å². The van der Waals surface area contributed by atoms with Crippen molar-refractivity contribution in [3.8, 4) is 0 Å². The largest absolute Gasteiger partial charge is 0.365 e. The summed E-state index contributed by atoms with van der Waals surface area (Å²) in [6.45, 7) is 0.737. The summed E-state index contributed by atoms with van der Waals surface area (Å²) in [5.41, 5.74) is 5.86. The molecule has 0 spiro atoms. The van der Waals surface area contributed by atoms with Crippen LogP contribution >= 0.6 is 0 Å². The van der Waals surface area contributed by atoms with Gasteiger partial charge in [-0.05, 0) is 18.8 Å². The number of hydrogen-bond acceptors (Lipinski definition) is 4. The van der Waals surface area contributed by atoms with E-state index in [4.69, 9.17) is 5.73 Å². The molecule has 2 rings (SSSR count). The second kappa shape index (κ2) is 5.12. The molecule has 0 aromatic carbocycles. The van der Waals surface area contributed by atoms with E-state index in [2.05, 4.69) is 15.3 Å². The van der Waals surface area contributed by atoms with Gasteiger partial charge in [0, 0.05) is 25.0 Å². The zero-order valence-corrected chi connectivity index (χ0v) is 9.28. The lowest BCUT2D eigenvalue weighted by Gasteiger charge is -2.28. The first-order valence-electron chi connectivity index (χ1n) is 5.80. The third-order valence-corrected chi connectivity index (χ3v) is 3.21. The normalized spacial score (nSPS) is 25.3. The molecule has 0 saturated heterocycles. The minimum atomic E-state index is -0.174. The van der Waals surface area contributed by atoms with Crippen LogP contribution in [0.15, 0.2) is 17.2 Å². The van der Waals surface area contributed by atoms with Crippen molar-refractivity contribution >= 4 is 5.82 Å². The molecule has 2 atom stereocenters. The van der Waals surface area contributed by atoms with Gasteiger partial charge in [-0.1, -0.05) is 12.8 Å². The van der Waals surface area contributed by atoms with Crippen molar-refractivity contribution < 1.29 is 0 Å². The lowest BCUT2D eigenvalue weighted by molar-refractivity contribution is 0.321. The van der Waals surface area contributed by atoms with Crippen molar-refractivity contribution in [1.82, 2.24) is 9.97 Å². The molecule has 0 radical (unpaired) electrons. The van der Waals surface area contributed by atoms with Crippen LogP contribution in [-0.4, -0.2) is 22.6 Å². The number of H-pyrrole nitrogens is 1. The van der Waals surface area contributed by atoms with Gasteiger partial charge in [-0.2, -0.15) is 0 Å². The molecule has 1 aliphatic carbocycles. The first-order valence-corrected chi connectivity index (χ1v) is 5.80. The van der Waals surface area contributed by atoms with Crippen molar-refractivity contribution in [1.29, 1.82) is 0 Å². The molecule has 4 N–H and O–H groups in total. The Morgan fingerprint density at radius 2 is 2.31 bits per heavy atom. The van der Waals surface area contributed by atoms with Gasteiger partial charge in [0.15, 0.2) is 5.82 Å². The number of nitrogens with zero attached hydrogens (tertiary/aromatic N) is 1. The third kappa shape index (κ3) is 2.61. The first kappa shape index (κ1) is 11.1. The smallest absolute Gasteiger partial charge is 0.290 e. The molecule has 1 heterocycles. The lowest BCUT2D eigenvalue weighted by atomic mass is 9.85. The molecule has 0 aliphatic heterocycles. The molecule has 5 heteroatoms. The molecule has 0 amide bonds. The minimum Gasteiger partial charge on any atom is -0.365 e. The third-order valence-electron chi connectivity index (χ3n) is 3.21. The molecule has 1 saturated carbocycles. The van der Waals surface area contributed by atoms with E-state index in [1.807, 2.05) is 0 Å². The summed E-state index contributed by atoms with van der Waals surface area (Å²) >= 11 is 0. The average Bonchev–Trinajstić information content (AvgIpc) is 2.30. The summed E-state index contributed by atoms with van der Waals surface area (Å²) in [6.07, 6.45) is 7.79. The first-order chi connectivity index (χ1) is 7.77. The van der Waals surface area contributed by atoms with Crippen LogP contribution in [0.3, 0.4) is 0 Å². The van der Waals surface area contributed by atoms with Gasteiger partial charge in [0.05, 0.1) is 0 Å². The van der Waals surface area contributed by atoms with E-state index < -0.39 is 0 Å². The summed E-state index contributed by atoms with van der Waals surface area (Å²) < 4.78 is 0. The van der Waals surface area contributed by atoms with Gasteiger partial charge in [-0.3, -0.25) is 4.79 Å². The van der Waals surface area contributed by atoms with Crippen molar-refractivity contribution in [2.24, 2.45) is 11.7 Å². The van der Waals surface area contributed by atoms with Gasteiger partial charge in [0.1, 0.15) is 0 Å². The van der Waals surface area contributed by atoms with Crippen LogP contribution < -0.4 is 16.6 Å². The van der Waals surface area contributed by atoms with Crippen molar-refractivity contribution in [2.75, 3.05) is 11.9 Å². The molecular formula is C11H18N4O. The Kier molecular flexibility index (Phi) is 3.56. The van der Waals surface area contributed by atoms with Crippen molar-refractivity contribution in [3.63, 3.8) is 0 Å². The van der Waals surface area contributed by atoms with Crippen LogP contribution in [0.25, 0.3) is 0 Å². The number of aromatic amines is 1. The van der Waals surface area contributed by atoms with E-state index in [0.717, 1.165) is 19.4 Å². The van der Waals surface area contributed by atoms with Gasteiger partial charge in [-0.15, -0.1) is 0 Å². The second-order valence-electron chi connectivity index (χ2n) is 4.36. The predicted octanol–water partition coefficient (Wildman–Crippen LogP) is 0.699. The molecule has 1 aromatic rings. The highest BCUT2D eigenvalue weighted by molar-refractivity contribution is 5.30. The van der Waals surface area contributed by atoms with Crippen LogP contribution in [-0.2, 0) is 0 Å². The molecule has 16 heavy (non-hydrogen) atoms. The van der Waals surface area contributed by atoms with E-state index in [1.54, 1.807) is 6.20 Å². The van der Waals surface area contributed by atoms with E-state index >= 15 is 0 Å². The van der Waals surface area contributed by atoms with E-state index in [-0.39, 0.29) is 11.6 Å². The maximum atomic E-state index is 11.4. The fraction of sp³-hybridized carbons (Fsp3) is 0.636. The van der Waals surface area contributed by atoms with Crippen LogP contribution in [0.1, 0.15) is 25.7 Å².